The monoisotopic (exact) mass is 392 g/mol. The molecule has 2 aromatic carbocycles. The molecule has 25 heavy (non-hydrogen) atoms. The Hall–Kier alpha value is -2.08. The van der Waals surface area contributed by atoms with Gasteiger partial charge in [-0.15, -0.1) is 0 Å². The Labute approximate surface area is 158 Å². The van der Waals surface area contributed by atoms with Crippen LogP contribution in [0.2, 0.25) is 0 Å². The second-order valence-corrected chi connectivity index (χ2v) is 7.90. The third-order valence-corrected chi connectivity index (χ3v) is 4.52. The van der Waals surface area contributed by atoms with Gasteiger partial charge < -0.3 is 5.32 Å². The Morgan fingerprint density at radius 3 is 2.40 bits per heavy atom. The molecule has 1 aliphatic heterocycles. The van der Waals surface area contributed by atoms with Gasteiger partial charge in [0.2, 0.25) is 3.79 Å². The zero-order chi connectivity index (χ0) is 17.6. The van der Waals surface area contributed by atoms with E-state index < -0.39 is 15.5 Å². The van der Waals surface area contributed by atoms with Crippen LogP contribution in [0.25, 0.3) is 22.6 Å². The lowest BCUT2D eigenvalue weighted by Crippen LogP contribution is -2.38. The standard InChI is InChI=1S/C17H11Cl3N4O/c18-17(19,20)16-21-12-9-5-4-8-11(12)14-22-15(25)13(23-24(14)16)10-6-2-1-3-7-10/h1-9,16,21H. The first-order chi connectivity index (χ1) is 11.9. The number of benzene rings is 2. The van der Waals surface area contributed by atoms with Crippen molar-refractivity contribution >= 4 is 40.5 Å². The van der Waals surface area contributed by atoms with Crippen LogP contribution in [0, 0.1) is 0 Å². The van der Waals surface area contributed by atoms with Gasteiger partial charge in [0.1, 0.15) is 0 Å². The minimum Gasteiger partial charge on any atom is -0.360 e. The molecule has 1 aromatic heterocycles. The molecule has 1 unspecified atom stereocenters. The fourth-order valence-corrected chi connectivity index (χ4v) is 3.21. The van der Waals surface area contributed by atoms with Crippen LogP contribution in [0.5, 0.6) is 0 Å². The van der Waals surface area contributed by atoms with Crippen LogP contribution in [-0.2, 0) is 0 Å². The number of nitrogens with zero attached hydrogens (tertiary/aromatic N) is 3. The SMILES string of the molecule is O=c1nc2n(nc1-c1ccccc1)C(C(Cl)(Cl)Cl)Nc1ccccc1-2. The van der Waals surface area contributed by atoms with Crippen molar-refractivity contribution < 1.29 is 0 Å². The van der Waals surface area contributed by atoms with Crippen molar-refractivity contribution in [1.29, 1.82) is 0 Å². The van der Waals surface area contributed by atoms with Crippen LogP contribution in [0.4, 0.5) is 5.69 Å². The van der Waals surface area contributed by atoms with E-state index in [1.54, 1.807) is 12.1 Å². The number of fused-ring (bicyclic) bond motifs is 3. The highest BCUT2D eigenvalue weighted by molar-refractivity contribution is 6.68. The van der Waals surface area contributed by atoms with Gasteiger partial charge in [-0.2, -0.15) is 10.1 Å². The first-order valence-electron chi connectivity index (χ1n) is 7.44. The normalized spacial score (nSPS) is 15.9. The maximum Gasteiger partial charge on any atom is 0.300 e. The Balaban J connectivity index is 1.99. The van der Waals surface area contributed by atoms with Gasteiger partial charge in [-0.1, -0.05) is 77.3 Å². The van der Waals surface area contributed by atoms with Crippen LogP contribution in [0.15, 0.2) is 59.4 Å². The van der Waals surface area contributed by atoms with Gasteiger partial charge in [-0.05, 0) is 12.1 Å². The van der Waals surface area contributed by atoms with Crippen LogP contribution >= 0.6 is 34.8 Å². The molecule has 1 atom stereocenters. The van der Waals surface area contributed by atoms with E-state index in [-0.39, 0.29) is 5.69 Å². The van der Waals surface area contributed by atoms with E-state index in [9.17, 15) is 4.79 Å². The van der Waals surface area contributed by atoms with E-state index in [4.69, 9.17) is 34.8 Å². The van der Waals surface area contributed by atoms with Crippen molar-refractivity contribution in [2.75, 3.05) is 5.32 Å². The van der Waals surface area contributed by atoms with Gasteiger partial charge in [0.15, 0.2) is 17.7 Å². The summed E-state index contributed by atoms with van der Waals surface area (Å²) in [5, 5.41) is 7.61. The molecule has 0 saturated carbocycles. The molecule has 1 N–H and O–H groups in total. The molecule has 5 nitrogen and oxygen atoms in total. The van der Waals surface area contributed by atoms with Crippen molar-refractivity contribution in [1.82, 2.24) is 14.8 Å². The number of hydrogen-bond donors (Lipinski definition) is 1. The Morgan fingerprint density at radius 1 is 1.00 bits per heavy atom. The summed E-state index contributed by atoms with van der Waals surface area (Å²) in [5.74, 6) is 0.357. The lowest BCUT2D eigenvalue weighted by molar-refractivity contribution is 0.491. The van der Waals surface area contributed by atoms with E-state index in [0.29, 0.717) is 11.4 Å². The summed E-state index contributed by atoms with van der Waals surface area (Å²) in [6.45, 7) is 0. The van der Waals surface area contributed by atoms with E-state index in [0.717, 1.165) is 11.3 Å². The molecule has 0 spiro atoms. The summed E-state index contributed by atoms with van der Waals surface area (Å²) in [6, 6.07) is 16.4. The Morgan fingerprint density at radius 2 is 1.68 bits per heavy atom. The average Bonchev–Trinajstić information content (AvgIpc) is 2.60. The number of para-hydroxylation sites is 1. The molecule has 1 aliphatic rings. The number of hydrogen-bond acceptors (Lipinski definition) is 4. The lowest BCUT2D eigenvalue weighted by atomic mass is 10.1. The van der Waals surface area contributed by atoms with Gasteiger partial charge in [0.25, 0.3) is 5.56 Å². The summed E-state index contributed by atoms with van der Waals surface area (Å²) in [7, 11) is 0. The quantitative estimate of drug-likeness (QED) is 0.627. The second kappa shape index (κ2) is 6.02. The van der Waals surface area contributed by atoms with Crippen LogP contribution in [0.1, 0.15) is 6.17 Å². The highest BCUT2D eigenvalue weighted by atomic mass is 35.6. The first-order valence-corrected chi connectivity index (χ1v) is 8.57. The zero-order valence-electron chi connectivity index (χ0n) is 12.7. The van der Waals surface area contributed by atoms with Crippen molar-refractivity contribution in [3.05, 3.63) is 65.0 Å². The van der Waals surface area contributed by atoms with Crippen molar-refractivity contribution in [3.63, 3.8) is 0 Å². The third-order valence-electron chi connectivity index (χ3n) is 3.90. The number of halogens is 3. The highest BCUT2D eigenvalue weighted by Crippen LogP contribution is 2.44. The fraction of sp³-hybridized carbons (Fsp3) is 0.118. The van der Waals surface area contributed by atoms with Crippen molar-refractivity contribution in [2.24, 2.45) is 0 Å². The summed E-state index contributed by atoms with van der Waals surface area (Å²) in [4.78, 5) is 16.8. The molecule has 0 saturated heterocycles. The van der Waals surface area contributed by atoms with Gasteiger partial charge >= 0.3 is 0 Å². The molecule has 126 valence electrons. The minimum absolute atomic E-state index is 0.199. The van der Waals surface area contributed by atoms with Crippen molar-refractivity contribution in [3.8, 4) is 22.6 Å². The Bertz CT molecular complexity index is 999. The molecular formula is C17H11Cl3N4O. The molecular weight excluding hydrogens is 383 g/mol. The molecule has 0 amide bonds. The van der Waals surface area contributed by atoms with E-state index >= 15 is 0 Å². The number of nitrogens with one attached hydrogen (secondary N) is 1. The molecule has 0 bridgehead atoms. The van der Waals surface area contributed by atoms with Gasteiger partial charge in [0.05, 0.1) is 0 Å². The molecule has 0 aliphatic carbocycles. The molecule has 2 heterocycles. The average molecular weight is 394 g/mol. The van der Waals surface area contributed by atoms with Gasteiger partial charge in [-0.3, -0.25) is 4.79 Å². The smallest absolute Gasteiger partial charge is 0.300 e. The van der Waals surface area contributed by atoms with Crippen LogP contribution in [-0.4, -0.2) is 18.6 Å². The van der Waals surface area contributed by atoms with Gasteiger partial charge in [0, 0.05) is 16.8 Å². The summed E-state index contributed by atoms with van der Waals surface area (Å²) >= 11 is 18.4. The second-order valence-electron chi connectivity index (χ2n) is 5.53. The van der Waals surface area contributed by atoms with E-state index in [1.807, 2.05) is 42.5 Å². The van der Waals surface area contributed by atoms with Gasteiger partial charge in [-0.25, -0.2) is 4.68 Å². The summed E-state index contributed by atoms with van der Waals surface area (Å²) in [6.07, 6.45) is -0.807. The molecule has 4 rings (SSSR count). The predicted molar refractivity (Wildman–Crippen MR) is 100 cm³/mol. The topological polar surface area (TPSA) is 59.8 Å². The first kappa shape index (κ1) is 16.4. The summed E-state index contributed by atoms with van der Waals surface area (Å²) in [5.41, 5.74) is 1.86. The fourth-order valence-electron chi connectivity index (χ4n) is 2.77. The van der Waals surface area contributed by atoms with Crippen LogP contribution < -0.4 is 10.9 Å². The molecule has 3 aromatic rings. The predicted octanol–water partition coefficient (Wildman–Crippen LogP) is 4.27. The van der Waals surface area contributed by atoms with Crippen molar-refractivity contribution in [2.45, 2.75) is 9.96 Å². The van der Waals surface area contributed by atoms with E-state index in [1.165, 1.54) is 4.68 Å². The highest BCUT2D eigenvalue weighted by Gasteiger charge is 2.40. The molecule has 0 radical (unpaired) electrons. The summed E-state index contributed by atoms with van der Waals surface area (Å²) < 4.78 is -0.237. The third kappa shape index (κ3) is 2.88. The minimum atomic E-state index is -1.69. The number of alkyl halides is 3. The maximum atomic E-state index is 12.6. The molecule has 8 heteroatoms. The lowest BCUT2D eigenvalue weighted by Gasteiger charge is -2.34. The van der Waals surface area contributed by atoms with Crippen LogP contribution in [0.3, 0.4) is 0 Å². The number of rotatable bonds is 1. The van der Waals surface area contributed by atoms with E-state index in [2.05, 4.69) is 15.4 Å². The molecule has 0 fully saturated rings. The Kier molecular flexibility index (Phi) is 3.95. The number of aromatic nitrogens is 3. The number of anilines is 1. The largest absolute Gasteiger partial charge is 0.360 e. The zero-order valence-corrected chi connectivity index (χ0v) is 14.9. The maximum absolute atomic E-state index is 12.6.